The minimum absolute atomic E-state index is 0.0589. The molecule has 29 heavy (non-hydrogen) atoms. The quantitative estimate of drug-likeness (QED) is 0.157. The Bertz CT molecular complexity index is 554. The van der Waals surface area contributed by atoms with Crippen molar-refractivity contribution in [1.29, 1.82) is 0 Å². The van der Waals surface area contributed by atoms with E-state index in [1.165, 1.54) is 13.8 Å². The average molecular weight is 416 g/mol. The van der Waals surface area contributed by atoms with Crippen LogP contribution in [0.3, 0.4) is 0 Å². The van der Waals surface area contributed by atoms with Crippen LogP contribution in [-0.2, 0) is 33.3 Å². The topological polar surface area (TPSA) is 141 Å². The Labute approximate surface area is 171 Å². The highest BCUT2D eigenvalue weighted by atomic mass is 16.7. The summed E-state index contributed by atoms with van der Waals surface area (Å²) >= 11 is 0. The molecule has 0 aromatic rings. The first-order chi connectivity index (χ1) is 13.9. The van der Waals surface area contributed by atoms with Gasteiger partial charge in [-0.3, -0.25) is 9.59 Å². The van der Waals surface area contributed by atoms with Gasteiger partial charge in [0.15, 0.2) is 6.29 Å². The molecule has 0 bridgehead atoms. The fraction of sp³-hybridized carbons (Fsp3) is 0.889. The molecule has 11 nitrogen and oxygen atoms in total. The molecule has 11 heteroatoms. The maximum absolute atomic E-state index is 11.6. The maximum Gasteiger partial charge on any atom is 0.302 e. The monoisotopic (exact) mass is 416 g/mol. The van der Waals surface area contributed by atoms with E-state index in [-0.39, 0.29) is 55.6 Å². The van der Waals surface area contributed by atoms with E-state index in [4.69, 9.17) is 29.2 Å². The van der Waals surface area contributed by atoms with Gasteiger partial charge in [-0.2, -0.15) is 0 Å². The zero-order chi connectivity index (χ0) is 21.6. The summed E-state index contributed by atoms with van der Waals surface area (Å²) in [6.45, 7) is 8.92. The predicted octanol–water partition coefficient (Wildman–Crippen LogP) is 1.41. The largest absolute Gasteiger partial charge is 0.463 e. The smallest absolute Gasteiger partial charge is 0.302 e. The molecular formula is C18H32N4O7. The summed E-state index contributed by atoms with van der Waals surface area (Å²) in [4.78, 5) is 25.3. The molecule has 0 aromatic carbocycles. The van der Waals surface area contributed by atoms with Crippen LogP contribution in [0.15, 0.2) is 5.11 Å². The third kappa shape index (κ3) is 9.91. The van der Waals surface area contributed by atoms with Gasteiger partial charge < -0.3 is 29.0 Å². The van der Waals surface area contributed by atoms with Crippen molar-refractivity contribution in [1.82, 2.24) is 5.32 Å². The summed E-state index contributed by atoms with van der Waals surface area (Å²) in [5.41, 5.74) is 8.15. The van der Waals surface area contributed by atoms with Crippen molar-refractivity contribution in [3.8, 4) is 0 Å². The SMILES string of the molecule is CC(=O)NC1[C@H](OCCOCCOCCN=[N+]=[N-])OC(COC(C)=O)[C@H](C)[C@@H]1C. The number of ether oxygens (including phenoxy) is 5. The standard InChI is InChI=1S/C18H32N4O7/c1-12-13(2)17(21-14(3)23)18(29-16(12)11-28-15(4)24)27-10-9-26-8-7-25-6-5-20-22-19/h12-13,16-18H,5-11H2,1-4H3,(H,21,23)/t12-,13+,16?,17?,18-/m1/s1. The molecule has 1 saturated heterocycles. The molecule has 0 spiro atoms. The van der Waals surface area contributed by atoms with E-state index in [2.05, 4.69) is 15.3 Å². The molecule has 0 aromatic heterocycles. The number of hydrogen-bond donors (Lipinski definition) is 1. The molecule has 2 unspecified atom stereocenters. The molecule has 5 atom stereocenters. The first-order valence-electron chi connectivity index (χ1n) is 9.70. The summed E-state index contributed by atoms with van der Waals surface area (Å²) < 4.78 is 27.6. The van der Waals surface area contributed by atoms with E-state index in [1.54, 1.807) is 0 Å². The van der Waals surface area contributed by atoms with Gasteiger partial charge in [0.05, 0.1) is 45.2 Å². The molecule has 1 fully saturated rings. The summed E-state index contributed by atoms with van der Waals surface area (Å²) in [6, 6.07) is -0.319. The van der Waals surface area contributed by atoms with Gasteiger partial charge in [0, 0.05) is 25.3 Å². The van der Waals surface area contributed by atoms with E-state index < -0.39 is 6.29 Å². The lowest BCUT2D eigenvalue weighted by Crippen LogP contribution is -2.58. The molecule has 1 amide bonds. The van der Waals surface area contributed by atoms with Crippen LogP contribution in [0.5, 0.6) is 0 Å². The van der Waals surface area contributed by atoms with E-state index in [0.717, 1.165) is 0 Å². The van der Waals surface area contributed by atoms with Crippen molar-refractivity contribution in [2.75, 3.05) is 46.2 Å². The normalized spacial score (nSPS) is 26.4. The number of carbonyl (C=O) groups is 2. The van der Waals surface area contributed by atoms with Gasteiger partial charge in [-0.15, -0.1) is 0 Å². The molecule has 1 N–H and O–H groups in total. The zero-order valence-corrected chi connectivity index (χ0v) is 17.5. The highest BCUT2D eigenvalue weighted by molar-refractivity contribution is 5.73. The fourth-order valence-corrected chi connectivity index (χ4v) is 2.96. The fourth-order valence-electron chi connectivity index (χ4n) is 2.96. The highest BCUT2D eigenvalue weighted by Gasteiger charge is 2.42. The lowest BCUT2D eigenvalue weighted by molar-refractivity contribution is -0.247. The Hall–Kier alpha value is -1.91. The molecular weight excluding hydrogens is 384 g/mol. The third-order valence-electron chi connectivity index (χ3n) is 4.69. The first-order valence-corrected chi connectivity index (χ1v) is 9.70. The molecule has 1 heterocycles. The van der Waals surface area contributed by atoms with Crippen LogP contribution in [0, 0.1) is 11.8 Å². The van der Waals surface area contributed by atoms with Gasteiger partial charge in [-0.25, -0.2) is 0 Å². The van der Waals surface area contributed by atoms with Crippen LogP contribution >= 0.6 is 0 Å². The summed E-state index contributed by atoms with van der Waals surface area (Å²) in [5.74, 6) is -0.419. The van der Waals surface area contributed by atoms with Crippen LogP contribution in [-0.4, -0.2) is 76.5 Å². The third-order valence-corrected chi connectivity index (χ3v) is 4.69. The van der Waals surface area contributed by atoms with Crippen molar-refractivity contribution in [3.05, 3.63) is 10.4 Å². The summed E-state index contributed by atoms with van der Waals surface area (Å²) in [7, 11) is 0. The van der Waals surface area contributed by atoms with Crippen LogP contribution in [0.4, 0.5) is 0 Å². The minimum atomic E-state index is -0.672. The van der Waals surface area contributed by atoms with Gasteiger partial charge in [0.1, 0.15) is 6.61 Å². The molecule has 0 aliphatic carbocycles. The average Bonchev–Trinajstić information content (AvgIpc) is 2.67. The first kappa shape index (κ1) is 25.1. The van der Waals surface area contributed by atoms with Gasteiger partial charge in [0.25, 0.3) is 0 Å². The molecule has 166 valence electrons. The van der Waals surface area contributed by atoms with E-state index >= 15 is 0 Å². The number of esters is 1. The second-order valence-electron chi connectivity index (χ2n) is 6.84. The Morgan fingerprint density at radius 3 is 2.34 bits per heavy atom. The molecule has 0 saturated carbocycles. The highest BCUT2D eigenvalue weighted by Crippen LogP contribution is 2.31. The Kier molecular flexibility index (Phi) is 12.2. The summed E-state index contributed by atoms with van der Waals surface area (Å²) in [6.07, 6.45) is -0.997. The molecule has 1 aliphatic rings. The minimum Gasteiger partial charge on any atom is -0.463 e. The number of nitrogens with one attached hydrogen (secondary N) is 1. The number of rotatable bonds is 13. The van der Waals surface area contributed by atoms with Crippen molar-refractivity contribution in [2.24, 2.45) is 17.0 Å². The van der Waals surface area contributed by atoms with E-state index in [9.17, 15) is 9.59 Å². The van der Waals surface area contributed by atoms with Crippen molar-refractivity contribution < 1.29 is 33.3 Å². The van der Waals surface area contributed by atoms with E-state index in [0.29, 0.717) is 26.4 Å². The molecule has 0 radical (unpaired) electrons. The van der Waals surface area contributed by atoms with Gasteiger partial charge >= 0.3 is 5.97 Å². The Morgan fingerprint density at radius 1 is 1.07 bits per heavy atom. The molecule has 1 aliphatic heterocycles. The van der Waals surface area contributed by atoms with Crippen LogP contribution in [0.2, 0.25) is 0 Å². The molecule has 1 rings (SSSR count). The number of hydrogen-bond acceptors (Lipinski definition) is 8. The summed E-state index contributed by atoms with van der Waals surface area (Å²) in [5, 5.41) is 6.25. The lowest BCUT2D eigenvalue weighted by atomic mass is 9.82. The number of nitrogens with zero attached hydrogens (tertiary/aromatic N) is 3. The zero-order valence-electron chi connectivity index (χ0n) is 17.5. The number of amides is 1. The van der Waals surface area contributed by atoms with Gasteiger partial charge in [-0.05, 0) is 17.4 Å². The second-order valence-corrected chi connectivity index (χ2v) is 6.84. The van der Waals surface area contributed by atoms with Gasteiger partial charge in [-0.1, -0.05) is 19.0 Å². The van der Waals surface area contributed by atoms with Crippen LogP contribution in [0.25, 0.3) is 10.4 Å². The Morgan fingerprint density at radius 2 is 1.72 bits per heavy atom. The number of azide groups is 1. The van der Waals surface area contributed by atoms with Crippen molar-refractivity contribution in [3.63, 3.8) is 0 Å². The number of carbonyl (C=O) groups excluding carboxylic acids is 2. The Balaban J connectivity index is 2.43. The maximum atomic E-state index is 11.6. The predicted molar refractivity (Wildman–Crippen MR) is 103 cm³/mol. The van der Waals surface area contributed by atoms with Crippen molar-refractivity contribution in [2.45, 2.75) is 46.1 Å². The van der Waals surface area contributed by atoms with Gasteiger partial charge in [0.2, 0.25) is 5.91 Å². The van der Waals surface area contributed by atoms with Crippen LogP contribution in [0.1, 0.15) is 27.7 Å². The van der Waals surface area contributed by atoms with E-state index in [1.807, 2.05) is 13.8 Å². The van der Waals surface area contributed by atoms with Crippen LogP contribution < -0.4 is 5.32 Å². The second kappa shape index (κ2) is 14.1. The lowest BCUT2D eigenvalue weighted by Gasteiger charge is -2.44. The van der Waals surface area contributed by atoms with Crippen molar-refractivity contribution >= 4 is 11.9 Å².